The second-order valence-electron chi connectivity index (χ2n) is 3.84. The summed E-state index contributed by atoms with van der Waals surface area (Å²) in [5.74, 6) is 0. The van der Waals surface area contributed by atoms with Gasteiger partial charge in [0.15, 0.2) is 0 Å². The average molecular weight is 336 g/mol. The highest BCUT2D eigenvalue weighted by Gasteiger charge is 2.30. The lowest BCUT2D eigenvalue weighted by Gasteiger charge is -2.07. The fourth-order valence-electron chi connectivity index (χ4n) is 1.54. The number of nitrogens with zero attached hydrogens (tertiary/aromatic N) is 1. The van der Waals surface area contributed by atoms with Gasteiger partial charge in [-0.05, 0) is 34.5 Å². The molecule has 0 aliphatic heterocycles. The summed E-state index contributed by atoms with van der Waals surface area (Å²) < 4.78 is 38.6. The quantitative estimate of drug-likeness (QED) is 0.766. The van der Waals surface area contributed by atoms with Gasteiger partial charge in [0.05, 0.1) is 20.1 Å². The number of hydrogen-bond donors (Lipinski definition) is 0. The zero-order valence-electron chi connectivity index (χ0n) is 9.38. The number of aromatic nitrogens is 1. The molecule has 0 spiro atoms. The van der Waals surface area contributed by atoms with Crippen LogP contribution < -0.4 is 0 Å². The largest absolute Gasteiger partial charge is 0.416 e. The molecule has 6 heteroatoms. The average Bonchev–Trinajstić information content (AvgIpc) is 2.57. The van der Waals surface area contributed by atoms with Crippen molar-refractivity contribution >= 4 is 27.3 Å². The lowest BCUT2D eigenvalue weighted by atomic mass is 10.1. The first kappa shape index (κ1) is 13.5. The monoisotopic (exact) mass is 335 g/mol. The molecular formula is C12H9BrF3NS. The van der Waals surface area contributed by atoms with Gasteiger partial charge >= 0.3 is 6.18 Å². The van der Waals surface area contributed by atoms with Crippen molar-refractivity contribution in [1.29, 1.82) is 0 Å². The van der Waals surface area contributed by atoms with Crippen molar-refractivity contribution in [1.82, 2.24) is 4.98 Å². The van der Waals surface area contributed by atoms with Crippen LogP contribution in [0.15, 0.2) is 28.1 Å². The van der Waals surface area contributed by atoms with Crippen molar-refractivity contribution in [2.75, 3.05) is 0 Å². The first-order valence-electron chi connectivity index (χ1n) is 5.14. The molecule has 0 amide bonds. The van der Waals surface area contributed by atoms with E-state index in [4.69, 9.17) is 0 Å². The summed E-state index contributed by atoms with van der Waals surface area (Å²) in [5.41, 5.74) is 0.861. The third kappa shape index (κ3) is 3.11. The Morgan fingerprint density at radius 2 is 2.06 bits per heavy atom. The number of hydrogen-bond acceptors (Lipinski definition) is 2. The Balaban J connectivity index is 2.24. The predicted octanol–water partition coefficient (Wildman–Crippen LogP) is 4.82. The van der Waals surface area contributed by atoms with Crippen LogP contribution in [0.4, 0.5) is 13.2 Å². The molecule has 1 aromatic heterocycles. The van der Waals surface area contributed by atoms with Gasteiger partial charge in [-0.1, -0.05) is 18.2 Å². The van der Waals surface area contributed by atoms with E-state index >= 15 is 0 Å². The molecule has 0 aliphatic rings. The smallest absolute Gasteiger partial charge is 0.245 e. The molecule has 0 N–H and O–H groups in total. The maximum atomic E-state index is 12.6. The third-order valence-corrected chi connectivity index (χ3v) is 4.40. The molecule has 0 saturated carbocycles. The minimum absolute atomic E-state index is 0.418. The van der Waals surface area contributed by atoms with Gasteiger partial charge in [0.2, 0.25) is 0 Å². The zero-order chi connectivity index (χ0) is 13.3. The number of halogens is 4. The summed E-state index contributed by atoms with van der Waals surface area (Å²) in [7, 11) is 0. The third-order valence-electron chi connectivity index (χ3n) is 2.39. The molecule has 0 saturated heterocycles. The predicted molar refractivity (Wildman–Crippen MR) is 68.8 cm³/mol. The van der Waals surface area contributed by atoms with Gasteiger partial charge in [-0.15, -0.1) is 11.3 Å². The Kier molecular flexibility index (Phi) is 3.77. The molecule has 0 unspecified atom stereocenters. The second kappa shape index (κ2) is 5.01. The molecule has 1 aromatic carbocycles. The highest BCUT2D eigenvalue weighted by molar-refractivity contribution is 9.11. The van der Waals surface area contributed by atoms with E-state index in [1.807, 2.05) is 6.92 Å². The first-order chi connectivity index (χ1) is 8.36. The Hall–Kier alpha value is -0.880. The minimum Gasteiger partial charge on any atom is -0.245 e. The van der Waals surface area contributed by atoms with E-state index in [1.54, 1.807) is 6.07 Å². The van der Waals surface area contributed by atoms with Crippen molar-refractivity contribution in [3.8, 4) is 0 Å². The van der Waals surface area contributed by atoms with Crippen LogP contribution in [0.3, 0.4) is 0 Å². The molecule has 1 nitrogen and oxygen atoms in total. The maximum Gasteiger partial charge on any atom is 0.416 e. The number of rotatable bonds is 2. The van der Waals surface area contributed by atoms with Gasteiger partial charge in [-0.2, -0.15) is 13.2 Å². The Morgan fingerprint density at radius 3 is 2.61 bits per heavy atom. The molecule has 18 heavy (non-hydrogen) atoms. The molecule has 0 radical (unpaired) electrons. The Morgan fingerprint density at radius 1 is 1.33 bits per heavy atom. The molecule has 1 heterocycles. The number of alkyl halides is 3. The summed E-state index contributed by atoms with van der Waals surface area (Å²) >= 11 is 4.80. The van der Waals surface area contributed by atoms with Crippen molar-refractivity contribution in [3.63, 3.8) is 0 Å². The molecule has 0 aliphatic carbocycles. The first-order valence-corrected chi connectivity index (χ1v) is 6.75. The van der Waals surface area contributed by atoms with Gasteiger partial charge in [0.25, 0.3) is 0 Å². The molecule has 2 rings (SSSR count). The SMILES string of the molecule is Cc1nc(Cc2cccc(C(F)(F)F)c2)sc1Br. The molecule has 0 fully saturated rings. The molecular weight excluding hydrogens is 327 g/mol. The lowest BCUT2D eigenvalue weighted by molar-refractivity contribution is -0.137. The normalized spacial score (nSPS) is 11.8. The summed E-state index contributed by atoms with van der Waals surface area (Å²) in [4.78, 5) is 4.29. The van der Waals surface area contributed by atoms with Gasteiger partial charge in [-0.25, -0.2) is 4.98 Å². The van der Waals surface area contributed by atoms with Crippen LogP contribution in [0.2, 0.25) is 0 Å². The van der Waals surface area contributed by atoms with E-state index in [1.165, 1.54) is 23.5 Å². The summed E-state index contributed by atoms with van der Waals surface area (Å²) in [6.45, 7) is 1.86. The highest BCUT2D eigenvalue weighted by Crippen LogP contribution is 2.31. The van der Waals surface area contributed by atoms with Gasteiger partial charge in [0, 0.05) is 6.42 Å². The Labute approximate surface area is 115 Å². The van der Waals surface area contributed by atoms with Crippen molar-refractivity contribution in [2.45, 2.75) is 19.5 Å². The summed E-state index contributed by atoms with van der Waals surface area (Å²) in [5, 5.41) is 0.804. The molecule has 0 bridgehead atoms. The van der Waals surface area contributed by atoms with Gasteiger partial charge in [-0.3, -0.25) is 0 Å². The summed E-state index contributed by atoms with van der Waals surface area (Å²) in [6.07, 6.45) is -3.88. The van der Waals surface area contributed by atoms with E-state index in [9.17, 15) is 13.2 Å². The number of thiazole rings is 1. The molecule has 96 valence electrons. The molecule has 0 atom stereocenters. The van der Waals surface area contributed by atoms with Crippen LogP contribution in [-0.2, 0) is 12.6 Å². The minimum atomic E-state index is -4.30. The van der Waals surface area contributed by atoms with Crippen LogP contribution >= 0.6 is 27.3 Å². The number of benzene rings is 1. The maximum absolute atomic E-state index is 12.6. The van der Waals surface area contributed by atoms with Crippen LogP contribution in [0.1, 0.15) is 21.8 Å². The van der Waals surface area contributed by atoms with Crippen LogP contribution in [0.25, 0.3) is 0 Å². The van der Waals surface area contributed by atoms with Crippen molar-refractivity contribution < 1.29 is 13.2 Å². The number of aryl methyl sites for hydroxylation is 1. The zero-order valence-corrected chi connectivity index (χ0v) is 11.8. The van der Waals surface area contributed by atoms with E-state index in [0.29, 0.717) is 12.0 Å². The lowest BCUT2D eigenvalue weighted by Crippen LogP contribution is -2.05. The van der Waals surface area contributed by atoms with E-state index < -0.39 is 11.7 Å². The fourth-order valence-corrected chi connectivity index (χ4v) is 3.01. The molecule has 2 aromatic rings. The fraction of sp³-hybridized carbons (Fsp3) is 0.250. The Bertz CT molecular complexity index is 543. The van der Waals surface area contributed by atoms with Crippen LogP contribution in [0.5, 0.6) is 0 Å². The van der Waals surface area contributed by atoms with E-state index in [0.717, 1.165) is 20.6 Å². The van der Waals surface area contributed by atoms with E-state index in [2.05, 4.69) is 20.9 Å². The van der Waals surface area contributed by atoms with Crippen molar-refractivity contribution in [3.05, 3.63) is 49.9 Å². The van der Waals surface area contributed by atoms with Crippen molar-refractivity contribution in [2.24, 2.45) is 0 Å². The van der Waals surface area contributed by atoms with E-state index in [-0.39, 0.29) is 0 Å². The standard InChI is InChI=1S/C12H9BrF3NS/c1-7-11(13)18-10(17-7)6-8-3-2-4-9(5-8)12(14,15)16/h2-5H,6H2,1H3. The van der Waals surface area contributed by atoms with Crippen LogP contribution in [-0.4, -0.2) is 4.98 Å². The van der Waals surface area contributed by atoms with Crippen LogP contribution in [0, 0.1) is 6.92 Å². The topological polar surface area (TPSA) is 12.9 Å². The second-order valence-corrected chi connectivity index (χ2v) is 6.24. The van der Waals surface area contributed by atoms with Gasteiger partial charge in [0.1, 0.15) is 0 Å². The van der Waals surface area contributed by atoms with Gasteiger partial charge < -0.3 is 0 Å². The highest BCUT2D eigenvalue weighted by atomic mass is 79.9. The summed E-state index contributed by atoms with van der Waals surface area (Å²) in [6, 6.07) is 5.35.